The molecule has 198 valence electrons. The lowest BCUT2D eigenvalue weighted by Crippen LogP contribution is -1.98. The molecule has 0 aliphatic rings. The number of para-hydroxylation sites is 1. The van der Waals surface area contributed by atoms with Crippen LogP contribution in [0.3, 0.4) is 0 Å². The lowest BCUT2D eigenvalue weighted by molar-refractivity contribution is 1.10. The normalized spacial score (nSPS) is 11.6. The van der Waals surface area contributed by atoms with E-state index in [1.807, 2.05) is 30.4 Å². The molecule has 0 saturated heterocycles. The van der Waals surface area contributed by atoms with E-state index in [2.05, 4.69) is 108 Å². The summed E-state index contributed by atoms with van der Waals surface area (Å²) in [5, 5.41) is 11.5. The number of fused-ring (bicyclic) bond motifs is 2. The molecule has 0 spiro atoms. The summed E-state index contributed by atoms with van der Waals surface area (Å²) in [6.45, 7) is 4.04. The average molecular weight is 531 g/mol. The van der Waals surface area contributed by atoms with Gasteiger partial charge in [0.05, 0.1) is 16.9 Å². The highest BCUT2D eigenvalue weighted by molar-refractivity contribution is 6.03. The molecule has 0 atom stereocenters. The van der Waals surface area contributed by atoms with Crippen molar-refractivity contribution in [3.05, 3.63) is 151 Å². The maximum Gasteiger partial charge on any atom is 0.0711 e. The Balaban J connectivity index is 1.44. The largest absolute Gasteiger partial charge is 0.405 e. The molecular formula is C37H30N4. The molecule has 0 aliphatic heterocycles. The van der Waals surface area contributed by atoms with E-state index in [1.54, 1.807) is 0 Å². The predicted octanol–water partition coefficient (Wildman–Crippen LogP) is 8.72. The van der Waals surface area contributed by atoms with Crippen molar-refractivity contribution in [3.8, 4) is 28.1 Å². The molecule has 2 aromatic heterocycles. The minimum absolute atomic E-state index is 0.696. The summed E-state index contributed by atoms with van der Waals surface area (Å²) in [6, 6.07) is 36.0. The van der Waals surface area contributed by atoms with Crippen LogP contribution in [0.5, 0.6) is 0 Å². The fraction of sp³-hybridized carbons (Fsp3) is 0.0270. The number of rotatable bonds is 8. The van der Waals surface area contributed by atoms with Gasteiger partial charge in [0.2, 0.25) is 0 Å². The van der Waals surface area contributed by atoms with Crippen molar-refractivity contribution in [2.45, 2.75) is 6.42 Å². The van der Waals surface area contributed by atoms with Crippen LogP contribution < -0.4 is 5.73 Å². The van der Waals surface area contributed by atoms with E-state index in [9.17, 15) is 0 Å². The van der Waals surface area contributed by atoms with Crippen LogP contribution in [0.25, 0.3) is 55.8 Å². The second-order valence-electron chi connectivity index (χ2n) is 9.86. The van der Waals surface area contributed by atoms with Gasteiger partial charge in [0.1, 0.15) is 0 Å². The summed E-state index contributed by atoms with van der Waals surface area (Å²) >= 11 is 0. The van der Waals surface area contributed by atoms with E-state index in [1.165, 1.54) is 23.2 Å². The molecule has 0 radical (unpaired) electrons. The minimum Gasteiger partial charge on any atom is -0.405 e. The number of aromatic nitrogens is 2. The molecule has 0 fully saturated rings. The second-order valence-corrected chi connectivity index (χ2v) is 9.86. The molecule has 0 saturated carbocycles. The smallest absolute Gasteiger partial charge is 0.0711 e. The number of benzene rings is 4. The Labute approximate surface area is 239 Å². The maximum absolute atomic E-state index is 8.01. The molecule has 4 aromatic carbocycles. The Hall–Kier alpha value is -5.48. The zero-order chi connectivity index (χ0) is 28.2. The van der Waals surface area contributed by atoms with Gasteiger partial charge < -0.3 is 15.7 Å². The summed E-state index contributed by atoms with van der Waals surface area (Å²) in [6.07, 6.45) is 11.3. The first-order valence-electron chi connectivity index (χ1n) is 13.6. The number of pyridine rings is 1. The van der Waals surface area contributed by atoms with Crippen molar-refractivity contribution in [2.75, 3.05) is 0 Å². The Morgan fingerprint density at radius 2 is 1.54 bits per heavy atom. The molecule has 4 nitrogen and oxygen atoms in total. The van der Waals surface area contributed by atoms with Crippen LogP contribution in [0.2, 0.25) is 0 Å². The molecule has 2 heterocycles. The molecule has 3 N–H and O–H groups in total. The molecule has 0 amide bonds. The molecule has 0 bridgehead atoms. The van der Waals surface area contributed by atoms with Crippen molar-refractivity contribution >= 4 is 34.0 Å². The predicted molar refractivity (Wildman–Crippen MR) is 174 cm³/mol. The standard InChI is InChI=1S/C37H30N4/c1-2-36-34(25-39)33-13-7-8-14-37(33)41(36)32-19-17-27(18-20-32)35-24-30(23-31(40-35)12-4-3-9-21-38)29-16-15-26-10-5-6-11-28(26)22-29/h2-11,13-25,39H,1,12,38H2/b4-3-,21-9-,39-25?. The number of hydrogen-bond donors (Lipinski definition) is 2. The summed E-state index contributed by atoms with van der Waals surface area (Å²) in [5.41, 5.74) is 14.6. The average Bonchev–Trinajstić information content (AvgIpc) is 3.36. The molecule has 6 aromatic rings. The Bertz CT molecular complexity index is 1960. The van der Waals surface area contributed by atoms with Gasteiger partial charge in [0, 0.05) is 40.5 Å². The first-order valence-corrected chi connectivity index (χ1v) is 13.6. The van der Waals surface area contributed by atoms with Crippen LogP contribution in [0.4, 0.5) is 0 Å². The van der Waals surface area contributed by atoms with Gasteiger partial charge in [0.25, 0.3) is 0 Å². The third-order valence-corrected chi connectivity index (χ3v) is 7.36. The number of nitrogens with two attached hydrogens (primary N) is 1. The summed E-state index contributed by atoms with van der Waals surface area (Å²) in [5.74, 6) is 0. The molecule has 6 rings (SSSR count). The Kier molecular flexibility index (Phi) is 7.12. The Morgan fingerprint density at radius 1 is 0.780 bits per heavy atom. The van der Waals surface area contributed by atoms with Crippen molar-refractivity contribution in [2.24, 2.45) is 5.73 Å². The zero-order valence-electron chi connectivity index (χ0n) is 22.7. The number of nitrogens with zero attached hydrogens (tertiary/aromatic N) is 2. The van der Waals surface area contributed by atoms with Crippen LogP contribution in [0.1, 0.15) is 17.0 Å². The topological polar surface area (TPSA) is 67.7 Å². The van der Waals surface area contributed by atoms with Crippen LogP contribution in [0, 0.1) is 5.41 Å². The quantitative estimate of drug-likeness (QED) is 0.153. The molecule has 41 heavy (non-hydrogen) atoms. The number of allylic oxidation sites excluding steroid dienone is 3. The number of hydrogen-bond acceptors (Lipinski definition) is 3. The summed E-state index contributed by atoms with van der Waals surface area (Å²) in [4.78, 5) is 5.03. The van der Waals surface area contributed by atoms with Gasteiger partial charge in [-0.25, -0.2) is 0 Å². The monoisotopic (exact) mass is 530 g/mol. The molecule has 4 heteroatoms. The van der Waals surface area contributed by atoms with Gasteiger partial charge in [-0.15, -0.1) is 0 Å². The third-order valence-electron chi connectivity index (χ3n) is 7.36. The fourth-order valence-corrected chi connectivity index (χ4v) is 5.40. The van der Waals surface area contributed by atoms with Gasteiger partial charge in [-0.05, 0) is 76.6 Å². The summed E-state index contributed by atoms with van der Waals surface area (Å²) in [7, 11) is 0. The Morgan fingerprint density at radius 3 is 2.32 bits per heavy atom. The van der Waals surface area contributed by atoms with Crippen LogP contribution in [0.15, 0.2) is 134 Å². The SMILES string of the molecule is C=Cc1c(C=N)c2ccccc2n1-c1ccc(-c2cc(-c3ccc4ccccc4c3)cc(C/C=C\C=C/N)n2)cc1. The van der Waals surface area contributed by atoms with E-state index in [4.69, 9.17) is 16.1 Å². The lowest BCUT2D eigenvalue weighted by atomic mass is 9.98. The minimum atomic E-state index is 0.696. The highest BCUT2D eigenvalue weighted by atomic mass is 15.0. The molecule has 0 aliphatic carbocycles. The molecular weight excluding hydrogens is 500 g/mol. The van der Waals surface area contributed by atoms with Gasteiger partial charge in [-0.3, -0.25) is 4.98 Å². The number of nitrogens with one attached hydrogen (secondary N) is 1. The third kappa shape index (κ3) is 4.99. The van der Waals surface area contributed by atoms with Gasteiger partial charge in [-0.1, -0.05) is 85.5 Å². The van der Waals surface area contributed by atoms with Crippen LogP contribution in [-0.4, -0.2) is 15.8 Å². The van der Waals surface area contributed by atoms with E-state index in [0.29, 0.717) is 6.42 Å². The van der Waals surface area contributed by atoms with Crippen molar-refractivity contribution in [1.29, 1.82) is 5.41 Å². The first kappa shape index (κ1) is 25.8. The van der Waals surface area contributed by atoms with Crippen LogP contribution in [-0.2, 0) is 6.42 Å². The van der Waals surface area contributed by atoms with Crippen molar-refractivity contribution < 1.29 is 0 Å². The zero-order valence-corrected chi connectivity index (χ0v) is 22.7. The van der Waals surface area contributed by atoms with Crippen LogP contribution >= 0.6 is 0 Å². The highest BCUT2D eigenvalue weighted by Gasteiger charge is 2.15. The summed E-state index contributed by atoms with van der Waals surface area (Å²) < 4.78 is 2.16. The van der Waals surface area contributed by atoms with Gasteiger partial charge in [-0.2, -0.15) is 0 Å². The molecule has 0 unspecified atom stereocenters. The van der Waals surface area contributed by atoms with Crippen molar-refractivity contribution in [1.82, 2.24) is 9.55 Å². The lowest BCUT2D eigenvalue weighted by Gasteiger charge is -2.12. The highest BCUT2D eigenvalue weighted by Crippen LogP contribution is 2.32. The fourth-order valence-electron chi connectivity index (χ4n) is 5.40. The van der Waals surface area contributed by atoms with E-state index in [0.717, 1.165) is 55.9 Å². The van der Waals surface area contributed by atoms with E-state index in [-0.39, 0.29) is 0 Å². The van der Waals surface area contributed by atoms with Gasteiger partial charge >= 0.3 is 0 Å². The first-order chi connectivity index (χ1) is 20.2. The second kappa shape index (κ2) is 11.3. The van der Waals surface area contributed by atoms with Gasteiger partial charge in [0.15, 0.2) is 0 Å². The maximum atomic E-state index is 8.01. The van der Waals surface area contributed by atoms with E-state index >= 15 is 0 Å². The van der Waals surface area contributed by atoms with Crippen molar-refractivity contribution in [3.63, 3.8) is 0 Å². The van der Waals surface area contributed by atoms with E-state index < -0.39 is 0 Å².